The van der Waals surface area contributed by atoms with Crippen molar-refractivity contribution in [3.05, 3.63) is 17.3 Å². The van der Waals surface area contributed by atoms with E-state index in [1.807, 2.05) is 18.7 Å². The average molecular weight is 336 g/mol. The summed E-state index contributed by atoms with van der Waals surface area (Å²) in [6.45, 7) is 11.1. The molecule has 0 aliphatic carbocycles. The second-order valence-corrected chi connectivity index (χ2v) is 5.95. The average Bonchev–Trinajstić information content (AvgIpc) is 2.89. The summed E-state index contributed by atoms with van der Waals surface area (Å²) < 4.78 is 5.54. The van der Waals surface area contributed by atoms with E-state index in [0.717, 1.165) is 56.7 Å². The molecule has 0 unspecified atom stereocenters. The topological polar surface area (TPSA) is 86.0 Å². The number of nitrogens with zero attached hydrogens (tertiary/aromatic N) is 4. The minimum atomic E-state index is 0.161. The Labute approximate surface area is 143 Å². The van der Waals surface area contributed by atoms with E-state index in [4.69, 9.17) is 4.42 Å². The summed E-state index contributed by atoms with van der Waals surface area (Å²) in [4.78, 5) is 24.1. The Morgan fingerprint density at radius 2 is 1.96 bits per heavy atom. The third-order valence-electron chi connectivity index (χ3n) is 4.24. The Morgan fingerprint density at radius 3 is 2.50 bits per heavy atom. The summed E-state index contributed by atoms with van der Waals surface area (Å²) in [5.74, 6) is 2.40. The fourth-order valence-corrected chi connectivity index (χ4v) is 2.61. The van der Waals surface area contributed by atoms with Crippen molar-refractivity contribution in [2.75, 3.05) is 46.3 Å². The lowest BCUT2D eigenvalue weighted by Gasteiger charge is -2.34. The molecule has 8 heteroatoms. The number of nitrogens with one attached hydrogen (secondary N) is 2. The monoisotopic (exact) mass is 336 g/mol. The second-order valence-electron chi connectivity index (χ2n) is 5.95. The number of oxazole rings is 1. The van der Waals surface area contributed by atoms with Gasteiger partial charge in [0.1, 0.15) is 5.76 Å². The highest BCUT2D eigenvalue weighted by molar-refractivity contribution is 5.79. The molecule has 1 fully saturated rings. The maximum Gasteiger partial charge on any atom is 0.219 e. The fourth-order valence-electron chi connectivity index (χ4n) is 2.61. The van der Waals surface area contributed by atoms with Crippen molar-refractivity contribution in [1.29, 1.82) is 0 Å². The van der Waals surface area contributed by atoms with Crippen LogP contribution in [0.15, 0.2) is 9.41 Å². The summed E-state index contributed by atoms with van der Waals surface area (Å²) >= 11 is 0. The van der Waals surface area contributed by atoms with Gasteiger partial charge in [-0.15, -0.1) is 0 Å². The van der Waals surface area contributed by atoms with Crippen LogP contribution in [0.3, 0.4) is 0 Å². The maximum absolute atomic E-state index is 11.3. The SMILES string of the molecule is CN=C(NCCN1CCN(C(C)=O)CC1)NCc1nc(C)c(C)o1. The van der Waals surface area contributed by atoms with E-state index in [9.17, 15) is 4.79 Å². The van der Waals surface area contributed by atoms with Gasteiger partial charge in [-0.3, -0.25) is 14.7 Å². The Kier molecular flexibility index (Phi) is 6.60. The van der Waals surface area contributed by atoms with Crippen LogP contribution < -0.4 is 10.6 Å². The highest BCUT2D eigenvalue weighted by Crippen LogP contribution is 2.07. The Bertz CT molecular complexity index is 556. The van der Waals surface area contributed by atoms with Crippen molar-refractivity contribution in [2.24, 2.45) is 4.99 Å². The molecule has 0 aromatic carbocycles. The highest BCUT2D eigenvalue weighted by Gasteiger charge is 2.17. The first-order chi connectivity index (χ1) is 11.5. The zero-order valence-electron chi connectivity index (χ0n) is 15.1. The first-order valence-corrected chi connectivity index (χ1v) is 8.35. The van der Waals surface area contributed by atoms with E-state index in [0.29, 0.717) is 12.4 Å². The molecule has 1 saturated heterocycles. The molecule has 24 heavy (non-hydrogen) atoms. The third-order valence-corrected chi connectivity index (χ3v) is 4.24. The van der Waals surface area contributed by atoms with Gasteiger partial charge >= 0.3 is 0 Å². The van der Waals surface area contributed by atoms with Gasteiger partial charge in [-0.05, 0) is 13.8 Å². The lowest BCUT2D eigenvalue weighted by molar-refractivity contribution is -0.130. The van der Waals surface area contributed by atoms with Gasteiger partial charge in [0.2, 0.25) is 11.8 Å². The van der Waals surface area contributed by atoms with Gasteiger partial charge in [0.25, 0.3) is 0 Å². The number of carbonyl (C=O) groups excluding carboxylic acids is 1. The van der Waals surface area contributed by atoms with Gasteiger partial charge in [-0.1, -0.05) is 0 Å². The van der Waals surface area contributed by atoms with Gasteiger partial charge in [0.15, 0.2) is 5.96 Å². The predicted molar refractivity (Wildman–Crippen MR) is 92.9 cm³/mol. The van der Waals surface area contributed by atoms with Crippen LogP contribution in [-0.2, 0) is 11.3 Å². The van der Waals surface area contributed by atoms with Crippen LogP contribution in [0, 0.1) is 13.8 Å². The highest BCUT2D eigenvalue weighted by atomic mass is 16.4. The first kappa shape index (κ1) is 18.3. The van der Waals surface area contributed by atoms with Crippen LogP contribution in [0.4, 0.5) is 0 Å². The molecule has 2 rings (SSSR count). The zero-order chi connectivity index (χ0) is 17.5. The van der Waals surface area contributed by atoms with E-state index in [1.165, 1.54) is 0 Å². The molecule has 1 amide bonds. The zero-order valence-corrected chi connectivity index (χ0v) is 15.1. The summed E-state index contributed by atoms with van der Waals surface area (Å²) in [6, 6.07) is 0. The van der Waals surface area contributed by atoms with E-state index in [2.05, 4.69) is 25.5 Å². The van der Waals surface area contributed by atoms with Gasteiger partial charge in [-0.25, -0.2) is 4.98 Å². The molecule has 2 N–H and O–H groups in total. The van der Waals surface area contributed by atoms with Crippen molar-refractivity contribution >= 4 is 11.9 Å². The number of aliphatic imine (C=N–C) groups is 1. The second kappa shape index (κ2) is 8.68. The number of piperazine rings is 1. The van der Waals surface area contributed by atoms with Crippen molar-refractivity contribution in [1.82, 2.24) is 25.4 Å². The van der Waals surface area contributed by atoms with Crippen molar-refractivity contribution < 1.29 is 9.21 Å². The number of amides is 1. The van der Waals surface area contributed by atoms with Gasteiger partial charge in [-0.2, -0.15) is 0 Å². The summed E-state index contributed by atoms with van der Waals surface area (Å²) in [7, 11) is 1.74. The number of hydrogen-bond donors (Lipinski definition) is 2. The summed E-state index contributed by atoms with van der Waals surface area (Å²) in [6.07, 6.45) is 0. The van der Waals surface area contributed by atoms with Crippen LogP contribution in [0.25, 0.3) is 0 Å². The molecule has 1 aromatic rings. The third kappa shape index (κ3) is 5.23. The molecule has 1 aromatic heterocycles. The lowest BCUT2D eigenvalue weighted by atomic mass is 10.3. The standard InChI is InChI=1S/C16H28N6O2/c1-12-13(2)24-15(20-12)11-19-16(17-4)18-5-6-21-7-9-22(10-8-21)14(3)23/h5-11H2,1-4H3,(H2,17,18,19). The summed E-state index contributed by atoms with van der Waals surface area (Å²) in [5.41, 5.74) is 0.916. The van der Waals surface area contributed by atoms with E-state index >= 15 is 0 Å². The van der Waals surface area contributed by atoms with Crippen molar-refractivity contribution in [3.8, 4) is 0 Å². The minimum absolute atomic E-state index is 0.161. The molecular formula is C16H28N6O2. The fraction of sp³-hybridized carbons (Fsp3) is 0.688. The van der Waals surface area contributed by atoms with Gasteiger partial charge < -0.3 is 20.0 Å². The Morgan fingerprint density at radius 1 is 1.25 bits per heavy atom. The number of hydrogen-bond acceptors (Lipinski definition) is 5. The lowest BCUT2D eigenvalue weighted by Crippen LogP contribution is -2.50. The predicted octanol–water partition coefficient (Wildman–Crippen LogP) is 0.121. The minimum Gasteiger partial charge on any atom is -0.444 e. The maximum atomic E-state index is 11.3. The van der Waals surface area contributed by atoms with E-state index < -0.39 is 0 Å². The van der Waals surface area contributed by atoms with Crippen molar-refractivity contribution in [2.45, 2.75) is 27.3 Å². The number of carbonyl (C=O) groups is 1. The van der Waals surface area contributed by atoms with Crippen LogP contribution in [0.1, 0.15) is 24.3 Å². The van der Waals surface area contributed by atoms with Crippen LogP contribution in [0.2, 0.25) is 0 Å². The Balaban J connectivity index is 1.66. The largest absolute Gasteiger partial charge is 0.444 e. The van der Waals surface area contributed by atoms with E-state index in [-0.39, 0.29) is 5.91 Å². The molecule has 2 heterocycles. The van der Waals surface area contributed by atoms with Crippen LogP contribution >= 0.6 is 0 Å². The molecule has 0 atom stereocenters. The molecule has 134 valence electrons. The van der Waals surface area contributed by atoms with Crippen molar-refractivity contribution in [3.63, 3.8) is 0 Å². The smallest absolute Gasteiger partial charge is 0.219 e. The van der Waals surface area contributed by atoms with Gasteiger partial charge in [0, 0.05) is 53.2 Å². The first-order valence-electron chi connectivity index (χ1n) is 8.35. The molecular weight excluding hydrogens is 308 g/mol. The molecule has 0 bridgehead atoms. The van der Waals surface area contributed by atoms with E-state index in [1.54, 1.807) is 14.0 Å². The number of rotatable bonds is 5. The van der Waals surface area contributed by atoms with Gasteiger partial charge in [0.05, 0.1) is 12.2 Å². The number of guanidine groups is 1. The van der Waals surface area contributed by atoms with Crippen LogP contribution in [0.5, 0.6) is 0 Å². The molecule has 0 radical (unpaired) electrons. The quantitative estimate of drug-likeness (QED) is 0.587. The molecule has 1 aliphatic heterocycles. The normalized spacial score (nSPS) is 16.3. The Hall–Kier alpha value is -2.09. The molecule has 0 saturated carbocycles. The molecule has 0 spiro atoms. The van der Waals surface area contributed by atoms with Crippen LogP contribution in [-0.4, -0.2) is 73.0 Å². The number of aromatic nitrogens is 1. The number of aryl methyl sites for hydroxylation is 2. The molecule has 8 nitrogen and oxygen atoms in total. The molecule has 1 aliphatic rings. The summed E-state index contributed by atoms with van der Waals surface area (Å²) in [5, 5.41) is 6.49.